The first-order valence-corrected chi connectivity index (χ1v) is 7.10. The topological polar surface area (TPSA) is 40.5 Å². The van der Waals surface area contributed by atoms with Crippen LogP contribution < -0.4 is 0 Å². The molecule has 0 aliphatic heterocycles. The lowest BCUT2D eigenvalue weighted by atomic mass is 9.79. The molecule has 2 unspecified atom stereocenters. The lowest BCUT2D eigenvalue weighted by molar-refractivity contribution is 0.122. The number of phenols is 1. The highest BCUT2D eigenvalue weighted by Gasteiger charge is 2.24. The second-order valence-corrected chi connectivity index (χ2v) is 5.99. The van der Waals surface area contributed by atoms with E-state index in [1.54, 1.807) is 24.3 Å². The molecule has 0 saturated heterocycles. The summed E-state index contributed by atoms with van der Waals surface area (Å²) in [5, 5.41) is 19.6. The lowest BCUT2D eigenvalue weighted by Crippen LogP contribution is -2.17. The zero-order valence-electron chi connectivity index (χ0n) is 12.8. The SMILES string of the molecule is C=CC(C)(CCC=C(C)C)CC(O)c1ccc(O)cc1. The molecule has 1 rings (SSSR count). The van der Waals surface area contributed by atoms with Crippen molar-refractivity contribution in [1.29, 1.82) is 0 Å². The van der Waals surface area contributed by atoms with E-state index >= 15 is 0 Å². The first-order valence-electron chi connectivity index (χ1n) is 7.10. The minimum atomic E-state index is -0.537. The van der Waals surface area contributed by atoms with Crippen LogP contribution >= 0.6 is 0 Å². The second kappa shape index (κ2) is 7.30. The summed E-state index contributed by atoms with van der Waals surface area (Å²) in [5.41, 5.74) is 2.05. The highest BCUT2D eigenvalue weighted by Crippen LogP contribution is 2.36. The van der Waals surface area contributed by atoms with Crippen LogP contribution in [0.1, 0.15) is 51.7 Å². The number of phenolic OH excluding ortho intramolecular Hbond substituents is 1. The third kappa shape index (κ3) is 5.22. The van der Waals surface area contributed by atoms with Gasteiger partial charge in [-0.1, -0.05) is 36.8 Å². The van der Waals surface area contributed by atoms with E-state index in [1.165, 1.54) is 5.57 Å². The van der Waals surface area contributed by atoms with E-state index in [9.17, 15) is 10.2 Å². The van der Waals surface area contributed by atoms with Crippen LogP contribution in [0.25, 0.3) is 0 Å². The molecule has 0 spiro atoms. The molecule has 0 radical (unpaired) electrons. The van der Waals surface area contributed by atoms with Gasteiger partial charge in [-0.2, -0.15) is 0 Å². The van der Waals surface area contributed by atoms with Gasteiger partial charge in [0.15, 0.2) is 0 Å². The molecule has 0 aliphatic carbocycles. The molecule has 0 amide bonds. The number of benzene rings is 1. The van der Waals surface area contributed by atoms with Gasteiger partial charge in [-0.05, 0) is 56.2 Å². The van der Waals surface area contributed by atoms with Crippen LogP contribution in [-0.4, -0.2) is 10.2 Å². The van der Waals surface area contributed by atoms with Crippen LogP contribution in [-0.2, 0) is 0 Å². The Kier molecular flexibility index (Phi) is 6.03. The molecule has 0 bridgehead atoms. The van der Waals surface area contributed by atoms with Crippen molar-refractivity contribution < 1.29 is 10.2 Å². The zero-order valence-corrected chi connectivity index (χ0v) is 12.8. The molecule has 0 aromatic heterocycles. The number of allylic oxidation sites excluding steroid dienone is 3. The van der Waals surface area contributed by atoms with Crippen molar-refractivity contribution in [3.8, 4) is 5.75 Å². The fourth-order valence-corrected chi connectivity index (χ4v) is 2.23. The largest absolute Gasteiger partial charge is 0.508 e. The fourth-order valence-electron chi connectivity index (χ4n) is 2.23. The smallest absolute Gasteiger partial charge is 0.115 e. The molecule has 2 heteroatoms. The monoisotopic (exact) mass is 274 g/mol. The predicted octanol–water partition coefficient (Wildman–Crippen LogP) is 4.75. The number of aliphatic hydroxyl groups is 1. The molecule has 0 aliphatic rings. The van der Waals surface area contributed by atoms with Crippen molar-refractivity contribution >= 4 is 0 Å². The van der Waals surface area contributed by atoms with Crippen LogP contribution in [0.3, 0.4) is 0 Å². The van der Waals surface area contributed by atoms with Gasteiger partial charge in [-0.3, -0.25) is 0 Å². The van der Waals surface area contributed by atoms with Crippen molar-refractivity contribution in [2.24, 2.45) is 5.41 Å². The Labute approximate surface area is 122 Å². The summed E-state index contributed by atoms with van der Waals surface area (Å²) < 4.78 is 0. The van der Waals surface area contributed by atoms with Gasteiger partial charge in [0, 0.05) is 0 Å². The minimum absolute atomic E-state index is 0.0940. The Hall–Kier alpha value is -1.54. The summed E-state index contributed by atoms with van der Waals surface area (Å²) in [6.07, 6.45) is 6.22. The van der Waals surface area contributed by atoms with Gasteiger partial charge < -0.3 is 10.2 Å². The standard InChI is InChI=1S/C18H26O2/c1-5-18(4,12-6-7-14(2)3)13-17(20)15-8-10-16(19)11-9-15/h5,7-11,17,19-20H,1,6,12-13H2,2-4H3. The minimum Gasteiger partial charge on any atom is -0.508 e. The maximum absolute atomic E-state index is 10.3. The maximum Gasteiger partial charge on any atom is 0.115 e. The normalized spacial score (nSPS) is 15.2. The van der Waals surface area contributed by atoms with Crippen molar-refractivity contribution in [3.63, 3.8) is 0 Å². The Morgan fingerprint density at radius 1 is 1.30 bits per heavy atom. The fraction of sp³-hybridized carbons (Fsp3) is 0.444. The van der Waals surface area contributed by atoms with Gasteiger partial charge >= 0.3 is 0 Å². The van der Waals surface area contributed by atoms with Crippen LogP contribution in [0, 0.1) is 5.41 Å². The second-order valence-electron chi connectivity index (χ2n) is 5.99. The molecule has 2 atom stereocenters. The van der Waals surface area contributed by atoms with Crippen molar-refractivity contribution in [3.05, 3.63) is 54.1 Å². The van der Waals surface area contributed by atoms with Crippen LogP contribution in [0.2, 0.25) is 0 Å². The third-order valence-corrected chi connectivity index (χ3v) is 3.70. The molecule has 0 fully saturated rings. The Morgan fingerprint density at radius 2 is 1.90 bits per heavy atom. The number of aliphatic hydroxyl groups excluding tert-OH is 1. The van der Waals surface area contributed by atoms with Gasteiger partial charge in [0.1, 0.15) is 5.75 Å². The molecular weight excluding hydrogens is 248 g/mol. The van der Waals surface area contributed by atoms with E-state index in [-0.39, 0.29) is 11.2 Å². The highest BCUT2D eigenvalue weighted by atomic mass is 16.3. The van der Waals surface area contributed by atoms with Gasteiger partial charge in [0.2, 0.25) is 0 Å². The Balaban J connectivity index is 2.68. The first-order chi connectivity index (χ1) is 9.36. The summed E-state index contributed by atoms with van der Waals surface area (Å²) in [4.78, 5) is 0. The maximum atomic E-state index is 10.3. The lowest BCUT2D eigenvalue weighted by Gasteiger charge is -2.28. The molecule has 2 N–H and O–H groups in total. The van der Waals surface area contributed by atoms with E-state index in [2.05, 4.69) is 33.4 Å². The molecule has 20 heavy (non-hydrogen) atoms. The summed E-state index contributed by atoms with van der Waals surface area (Å²) >= 11 is 0. The molecule has 110 valence electrons. The van der Waals surface area contributed by atoms with Gasteiger partial charge in [-0.15, -0.1) is 6.58 Å². The van der Waals surface area contributed by atoms with Crippen LogP contribution in [0.15, 0.2) is 48.6 Å². The third-order valence-electron chi connectivity index (χ3n) is 3.70. The quantitative estimate of drug-likeness (QED) is 0.704. The average Bonchev–Trinajstić information content (AvgIpc) is 2.39. The van der Waals surface area contributed by atoms with Gasteiger partial charge in [-0.25, -0.2) is 0 Å². The van der Waals surface area contributed by atoms with Gasteiger partial charge in [0.25, 0.3) is 0 Å². The summed E-state index contributed by atoms with van der Waals surface area (Å²) in [6.45, 7) is 10.2. The molecule has 2 nitrogen and oxygen atoms in total. The van der Waals surface area contributed by atoms with Crippen LogP contribution in [0.5, 0.6) is 5.75 Å². The van der Waals surface area contributed by atoms with Crippen molar-refractivity contribution in [2.45, 2.75) is 46.1 Å². The molecule has 1 aromatic carbocycles. The molecule has 0 saturated carbocycles. The Bertz CT molecular complexity index is 455. The summed E-state index contributed by atoms with van der Waals surface area (Å²) in [7, 11) is 0. The summed E-state index contributed by atoms with van der Waals surface area (Å²) in [5.74, 6) is 0.219. The van der Waals surface area contributed by atoms with Gasteiger partial charge in [0.05, 0.1) is 6.10 Å². The number of hydrogen-bond acceptors (Lipinski definition) is 2. The van der Waals surface area contributed by atoms with Crippen molar-refractivity contribution in [2.75, 3.05) is 0 Å². The van der Waals surface area contributed by atoms with E-state index in [4.69, 9.17) is 0 Å². The number of rotatable bonds is 7. The average molecular weight is 274 g/mol. The van der Waals surface area contributed by atoms with E-state index in [0.717, 1.165) is 18.4 Å². The summed E-state index contributed by atoms with van der Waals surface area (Å²) in [6, 6.07) is 6.74. The van der Waals surface area contributed by atoms with Crippen molar-refractivity contribution in [1.82, 2.24) is 0 Å². The van der Waals surface area contributed by atoms with E-state index < -0.39 is 6.10 Å². The zero-order chi connectivity index (χ0) is 15.2. The van der Waals surface area contributed by atoms with E-state index in [1.807, 2.05) is 6.08 Å². The molecule has 1 aromatic rings. The predicted molar refractivity (Wildman–Crippen MR) is 84.7 cm³/mol. The highest BCUT2D eigenvalue weighted by molar-refractivity contribution is 5.27. The molecule has 0 heterocycles. The first kappa shape index (κ1) is 16.5. The van der Waals surface area contributed by atoms with Crippen LogP contribution in [0.4, 0.5) is 0 Å². The number of hydrogen-bond donors (Lipinski definition) is 2. The number of aromatic hydroxyl groups is 1. The Morgan fingerprint density at radius 3 is 2.40 bits per heavy atom. The van der Waals surface area contributed by atoms with E-state index in [0.29, 0.717) is 6.42 Å². The molecular formula is C18H26O2.